The van der Waals surface area contributed by atoms with Crippen LogP contribution < -0.4 is 14.8 Å². The van der Waals surface area contributed by atoms with E-state index >= 15 is 0 Å². The molecule has 0 aliphatic heterocycles. The molecule has 1 aromatic carbocycles. The third-order valence-electron chi connectivity index (χ3n) is 2.93. The lowest BCUT2D eigenvalue weighted by Crippen LogP contribution is -2.00. The summed E-state index contributed by atoms with van der Waals surface area (Å²) >= 11 is 4.84. The van der Waals surface area contributed by atoms with E-state index in [1.807, 2.05) is 24.4 Å². The molecule has 3 aromatic rings. The first-order valence-corrected chi connectivity index (χ1v) is 7.77. The van der Waals surface area contributed by atoms with Crippen LogP contribution in [0.5, 0.6) is 11.5 Å². The van der Waals surface area contributed by atoms with Crippen LogP contribution in [0.3, 0.4) is 0 Å². The molecule has 0 atom stereocenters. The van der Waals surface area contributed by atoms with Crippen LogP contribution in [-0.2, 0) is 6.54 Å². The molecular formula is C13H13BrN4O2S. The van der Waals surface area contributed by atoms with Gasteiger partial charge in [-0.15, -0.1) is 5.10 Å². The Balaban J connectivity index is 1.73. The largest absolute Gasteiger partial charge is 0.493 e. The van der Waals surface area contributed by atoms with E-state index in [0.717, 1.165) is 20.3 Å². The monoisotopic (exact) mass is 368 g/mol. The quantitative estimate of drug-likeness (QED) is 0.749. The first-order valence-electron chi connectivity index (χ1n) is 6.16. The molecule has 0 spiro atoms. The van der Waals surface area contributed by atoms with Gasteiger partial charge in [0.2, 0.25) is 4.96 Å². The number of ether oxygens (including phenoxy) is 2. The van der Waals surface area contributed by atoms with Gasteiger partial charge < -0.3 is 14.8 Å². The lowest BCUT2D eigenvalue weighted by molar-refractivity contribution is 0.355. The van der Waals surface area contributed by atoms with E-state index in [1.165, 1.54) is 11.3 Å². The van der Waals surface area contributed by atoms with E-state index in [4.69, 9.17) is 9.47 Å². The molecule has 0 bridgehead atoms. The number of aromatic nitrogens is 3. The Morgan fingerprint density at radius 2 is 2.10 bits per heavy atom. The SMILES string of the molecule is COc1ccc(NCc2cn3nc(Br)sc3n2)cc1OC. The summed E-state index contributed by atoms with van der Waals surface area (Å²) in [6.07, 6.45) is 1.91. The number of fused-ring (bicyclic) bond motifs is 1. The van der Waals surface area contributed by atoms with Gasteiger partial charge >= 0.3 is 0 Å². The Hall–Kier alpha value is -1.80. The molecule has 0 radical (unpaired) electrons. The zero-order valence-corrected chi connectivity index (χ0v) is 13.9. The molecule has 1 N–H and O–H groups in total. The van der Waals surface area contributed by atoms with Gasteiger partial charge in [-0.3, -0.25) is 0 Å². The predicted molar refractivity (Wildman–Crippen MR) is 85.4 cm³/mol. The summed E-state index contributed by atoms with van der Waals surface area (Å²) in [4.78, 5) is 5.36. The molecular weight excluding hydrogens is 356 g/mol. The average molecular weight is 369 g/mol. The van der Waals surface area contributed by atoms with Crippen molar-refractivity contribution in [2.24, 2.45) is 0 Å². The Morgan fingerprint density at radius 1 is 1.29 bits per heavy atom. The highest BCUT2D eigenvalue weighted by Crippen LogP contribution is 2.30. The standard InChI is InChI=1S/C13H13BrN4O2S/c1-19-10-4-3-8(5-11(10)20-2)15-6-9-7-18-13(16-9)21-12(14)17-18/h3-5,7,15H,6H2,1-2H3. The van der Waals surface area contributed by atoms with Crippen molar-refractivity contribution in [1.29, 1.82) is 0 Å². The number of halogens is 1. The zero-order valence-electron chi connectivity index (χ0n) is 11.5. The van der Waals surface area contributed by atoms with E-state index in [0.29, 0.717) is 18.0 Å². The van der Waals surface area contributed by atoms with Crippen molar-refractivity contribution in [3.05, 3.63) is 34.0 Å². The van der Waals surface area contributed by atoms with E-state index in [1.54, 1.807) is 18.7 Å². The van der Waals surface area contributed by atoms with E-state index in [9.17, 15) is 0 Å². The second kappa shape index (κ2) is 5.90. The van der Waals surface area contributed by atoms with Crippen LogP contribution in [-0.4, -0.2) is 28.8 Å². The van der Waals surface area contributed by atoms with Crippen molar-refractivity contribution in [3.63, 3.8) is 0 Å². The number of benzene rings is 1. The maximum atomic E-state index is 5.28. The second-order valence-electron chi connectivity index (χ2n) is 4.24. The third kappa shape index (κ3) is 2.96. The van der Waals surface area contributed by atoms with Crippen LogP contribution in [0.4, 0.5) is 5.69 Å². The molecule has 3 rings (SSSR count). The average Bonchev–Trinajstić information content (AvgIpc) is 3.01. The summed E-state index contributed by atoms with van der Waals surface area (Å²) in [7, 11) is 3.24. The van der Waals surface area contributed by atoms with Crippen LogP contribution in [0.15, 0.2) is 28.3 Å². The van der Waals surface area contributed by atoms with Crippen molar-refractivity contribution in [3.8, 4) is 11.5 Å². The van der Waals surface area contributed by atoms with Gasteiger partial charge in [0.25, 0.3) is 0 Å². The van der Waals surface area contributed by atoms with Crippen molar-refractivity contribution in [2.75, 3.05) is 19.5 Å². The number of hydrogen-bond donors (Lipinski definition) is 1. The number of hydrogen-bond acceptors (Lipinski definition) is 6. The Kier molecular flexibility index (Phi) is 3.98. The minimum absolute atomic E-state index is 0.614. The van der Waals surface area contributed by atoms with Gasteiger partial charge in [-0.1, -0.05) is 11.3 Å². The molecule has 8 heteroatoms. The molecule has 6 nitrogen and oxygen atoms in total. The molecule has 2 aromatic heterocycles. The zero-order chi connectivity index (χ0) is 14.8. The minimum Gasteiger partial charge on any atom is -0.493 e. The van der Waals surface area contributed by atoms with Crippen molar-refractivity contribution < 1.29 is 9.47 Å². The van der Waals surface area contributed by atoms with Crippen LogP contribution in [0.25, 0.3) is 4.96 Å². The smallest absolute Gasteiger partial charge is 0.213 e. The van der Waals surface area contributed by atoms with Gasteiger partial charge in [-0.25, -0.2) is 9.50 Å². The second-order valence-corrected chi connectivity index (χ2v) is 6.47. The lowest BCUT2D eigenvalue weighted by Gasteiger charge is -2.10. The van der Waals surface area contributed by atoms with Gasteiger partial charge in [0.05, 0.1) is 32.7 Å². The van der Waals surface area contributed by atoms with Crippen LogP contribution in [0.2, 0.25) is 0 Å². The molecule has 21 heavy (non-hydrogen) atoms. The number of anilines is 1. The summed E-state index contributed by atoms with van der Waals surface area (Å²) in [6, 6.07) is 5.70. The summed E-state index contributed by atoms with van der Waals surface area (Å²) in [6.45, 7) is 0.614. The van der Waals surface area contributed by atoms with Gasteiger partial charge in [0.15, 0.2) is 15.4 Å². The number of rotatable bonds is 5. The van der Waals surface area contributed by atoms with Crippen LogP contribution in [0.1, 0.15) is 5.69 Å². The van der Waals surface area contributed by atoms with E-state index < -0.39 is 0 Å². The molecule has 0 fully saturated rings. The van der Waals surface area contributed by atoms with Crippen LogP contribution in [0, 0.1) is 0 Å². The highest BCUT2D eigenvalue weighted by molar-refractivity contribution is 9.11. The third-order valence-corrected chi connectivity index (χ3v) is 4.28. The number of imidazole rings is 1. The van der Waals surface area contributed by atoms with Gasteiger partial charge in [-0.2, -0.15) is 0 Å². The van der Waals surface area contributed by atoms with E-state index in [-0.39, 0.29) is 0 Å². The molecule has 0 aliphatic carbocycles. The van der Waals surface area contributed by atoms with Crippen LogP contribution >= 0.6 is 27.3 Å². The molecule has 110 valence electrons. The molecule has 0 unspecified atom stereocenters. The Labute approximate surface area is 133 Å². The fourth-order valence-electron chi connectivity index (χ4n) is 1.94. The maximum absolute atomic E-state index is 5.28. The molecule has 0 aliphatic rings. The number of nitrogens with one attached hydrogen (secondary N) is 1. The van der Waals surface area contributed by atoms with Gasteiger partial charge in [0, 0.05) is 11.8 Å². The molecule has 0 saturated heterocycles. The maximum Gasteiger partial charge on any atom is 0.213 e. The fraction of sp³-hybridized carbons (Fsp3) is 0.231. The van der Waals surface area contributed by atoms with Crippen molar-refractivity contribution >= 4 is 37.9 Å². The summed E-state index contributed by atoms with van der Waals surface area (Å²) < 4.78 is 13.1. The topological polar surface area (TPSA) is 60.7 Å². The molecule has 0 amide bonds. The van der Waals surface area contributed by atoms with Crippen molar-refractivity contribution in [1.82, 2.24) is 14.6 Å². The molecule has 2 heterocycles. The van der Waals surface area contributed by atoms with Crippen molar-refractivity contribution in [2.45, 2.75) is 6.54 Å². The molecule has 0 saturated carbocycles. The highest BCUT2D eigenvalue weighted by Gasteiger charge is 2.08. The summed E-state index contributed by atoms with van der Waals surface area (Å²) in [5.41, 5.74) is 1.87. The Bertz CT molecular complexity index is 739. The summed E-state index contributed by atoms with van der Waals surface area (Å²) in [5, 5.41) is 7.57. The summed E-state index contributed by atoms with van der Waals surface area (Å²) in [5.74, 6) is 1.40. The fourth-order valence-corrected chi connectivity index (χ4v) is 3.18. The minimum atomic E-state index is 0.614. The van der Waals surface area contributed by atoms with E-state index in [2.05, 4.69) is 31.3 Å². The number of methoxy groups -OCH3 is 2. The normalized spacial score (nSPS) is 10.8. The first kappa shape index (κ1) is 14.2. The first-order chi connectivity index (χ1) is 10.2. The highest BCUT2D eigenvalue weighted by atomic mass is 79.9. The predicted octanol–water partition coefficient (Wildman–Crippen LogP) is 3.18. The number of nitrogens with zero attached hydrogens (tertiary/aromatic N) is 3. The van der Waals surface area contributed by atoms with Gasteiger partial charge in [0.1, 0.15) is 0 Å². The Morgan fingerprint density at radius 3 is 2.81 bits per heavy atom. The van der Waals surface area contributed by atoms with Gasteiger partial charge in [-0.05, 0) is 28.1 Å². The lowest BCUT2D eigenvalue weighted by atomic mass is 10.2.